The molecule has 1 unspecified atom stereocenters. The molecule has 15 heavy (non-hydrogen) atoms. The summed E-state index contributed by atoms with van der Waals surface area (Å²) in [5.41, 5.74) is 5.92. The number of hydrogen-bond donors (Lipinski definition) is 2. The first-order chi connectivity index (χ1) is 7.33. The molecule has 3 nitrogen and oxygen atoms in total. The highest BCUT2D eigenvalue weighted by atomic mass is 15.4. The number of allylic oxidation sites excluding steroid dienone is 1. The van der Waals surface area contributed by atoms with Crippen molar-refractivity contribution in [1.29, 1.82) is 0 Å². The molecule has 2 N–H and O–H groups in total. The van der Waals surface area contributed by atoms with Crippen molar-refractivity contribution < 1.29 is 0 Å². The fraction of sp³-hybridized carbons (Fsp3) is 0.750. The maximum Gasteiger partial charge on any atom is 0.119 e. The summed E-state index contributed by atoms with van der Waals surface area (Å²) in [5, 5.41) is 7.62. The van der Waals surface area contributed by atoms with Crippen LogP contribution in [0, 0.1) is 5.92 Å². The first kappa shape index (κ1) is 10.5. The molecule has 1 aliphatic carbocycles. The van der Waals surface area contributed by atoms with Crippen LogP contribution < -0.4 is 10.7 Å². The van der Waals surface area contributed by atoms with E-state index in [1.165, 1.54) is 44.2 Å². The van der Waals surface area contributed by atoms with Gasteiger partial charge in [0.15, 0.2) is 0 Å². The second-order valence-electron chi connectivity index (χ2n) is 4.52. The van der Waals surface area contributed by atoms with Crippen LogP contribution in [0.4, 0.5) is 0 Å². The molecule has 3 heteroatoms. The largest absolute Gasteiger partial charge is 0.374 e. The fourth-order valence-corrected chi connectivity index (χ4v) is 2.64. The van der Waals surface area contributed by atoms with E-state index in [0.29, 0.717) is 5.92 Å². The lowest BCUT2D eigenvalue weighted by atomic mass is 9.83. The molecule has 0 aromatic heterocycles. The van der Waals surface area contributed by atoms with Gasteiger partial charge >= 0.3 is 0 Å². The minimum Gasteiger partial charge on any atom is -0.374 e. The SMILES string of the molecule is CNC1=C2CCCCCCC2C(C)=NN1. The first-order valence-corrected chi connectivity index (χ1v) is 6.04. The zero-order valence-electron chi connectivity index (χ0n) is 9.77. The van der Waals surface area contributed by atoms with Gasteiger partial charge in [0.25, 0.3) is 0 Å². The van der Waals surface area contributed by atoms with E-state index in [1.807, 2.05) is 7.05 Å². The van der Waals surface area contributed by atoms with Gasteiger partial charge in [-0.25, -0.2) is 0 Å². The van der Waals surface area contributed by atoms with Crippen LogP contribution in [0.5, 0.6) is 0 Å². The second-order valence-corrected chi connectivity index (χ2v) is 4.52. The molecule has 0 radical (unpaired) electrons. The monoisotopic (exact) mass is 207 g/mol. The Labute approximate surface area is 92.0 Å². The minimum atomic E-state index is 0.592. The van der Waals surface area contributed by atoms with Crippen molar-refractivity contribution in [3.63, 3.8) is 0 Å². The number of fused-ring (bicyclic) bond motifs is 1. The van der Waals surface area contributed by atoms with Crippen LogP contribution in [0.3, 0.4) is 0 Å². The summed E-state index contributed by atoms with van der Waals surface area (Å²) in [6.45, 7) is 2.14. The molecule has 0 spiro atoms. The fourth-order valence-electron chi connectivity index (χ4n) is 2.64. The van der Waals surface area contributed by atoms with Gasteiger partial charge in [-0.2, -0.15) is 5.10 Å². The highest BCUT2D eigenvalue weighted by Gasteiger charge is 2.25. The van der Waals surface area contributed by atoms with Gasteiger partial charge in [0, 0.05) is 18.7 Å². The zero-order valence-corrected chi connectivity index (χ0v) is 9.77. The molecule has 2 aliphatic rings. The van der Waals surface area contributed by atoms with Crippen LogP contribution in [0.15, 0.2) is 16.5 Å². The molecule has 1 fully saturated rings. The Morgan fingerprint density at radius 1 is 1.27 bits per heavy atom. The van der Waals surface area contributed by atoms with Crippen LogP contribution in [0.25, 0.3) is 0 Å². The summed E-state index contributed by atoms with van der Waals surface area (Å²) in [5.74, 6) is 1.74. The first-order valence-electron chi connectivity index (χ1n) is 6.04. The molecule has 1 heterocycles. The number of nitrogens with one attached hydrogen (secondary N) is 2. The lowest BCUT2D eigenvalue weighted by molar-refractivity contribution is 0.502. The lowest BCUT2D eigenvalue weighted by Crippen LogP contribution is -2.32. The van der Waals surface area contributed by atoms with Crippen molar-refractivity contribution >= 4 is 5.71 Å². The van der Waals surface area contributed by atoms with E-state index in [4.69, 9.17) is 0 Å². The average molecular weight is 207 g/mol. The van der Waals surface area contributed by atoms with E-state index in [-0.39, 0.29) is 0 Å². The molecule has 0 saturated heterocycles. The predicted molar refractivity (Wildman–Crippen MR) is 63.5 cm³/mol. The summed E-state index contributed by atoms with van der Waals surface area (Å²) in [6.07, 6.45) is 7.94. The third kappa shape index (κ3) is 2.16. The summed E-state index contributed by atoms with van der Waals surface area (Å²) in [7, 11) is 1.97. The van der Waals surface area contributed by atoms with Crippen LogP contribution in [0.1, 0.15) is 45.4 Å². The molecule has 2 rings (SSSR count). The third-order valence-corrected chi connectivity index (χ3v) is 3.53. The molecule has 0 bridgehead atoms. The summed E-state index contributed by atoms with van der Waals surface area (Å²) in [6, 6.07) is 0. The highest BCUT2D eigenvalue weighted by molar-refractivity contribution is 5.87. The van der Waals surface area contributed by atoms with Gasteiger partial charge in [0.2, 0.25) is 0 Å². The number of hydrogen-bond acceptors (Lipinski definition) is 3. The molecule has 84 valence electrons. The predicted octanol–water partition coefficient (Wildman–Crippen LogP) is 2.37. The van der Waals surface area contributed by atoms with Gasteiger partial charge in [0.1, 0.15) is 5.82 Å². The Morgan fingerprint density at radius 2 is 2.07 bits per heavy atom. The topological polar surface area (TPSA) is 36.4 Å². The smallest absolute Gasteiger partial charge is 0.119 e. The molecule has 1 saturated carbocycles. The van der Waals surface area contributed by atoms with E-state index in [2.05, 4.69) is 22.8 Å². The van der Waals surface area contributed by atoms with E-state index in [1.54, 1.807) is 5.57 Å². The molecule has 1 atom stereocenters. The summed E-state index contributed by atoms with van der Waals surface area (Å²) < 4.78 is 0. The Morgan fingerprint density at radius 3 is 2.87 bits per heavy atom. The summed E-state index contributed by atoms with van der Waals surface area (Å²) >= 11 is 0. The Hall–Kier alpha value is -0.990. The van der Waals surface area contributed by atoms with Crippen molar-refractivity contribution in [3.05, 3.63) is 11.4 Å². The number of rotatable bonds is 1. The quantitative estimate of drug-likeness (QED) is 0.692. The van der Waals surface area contributed by atoms with Gasteiger partial charge in [-0.1, -0.05) is 19.3 Å². The minimum absolute atomic E-state index is 0.592. The van der Waals surface area contributed by atoms with Crippen molar-refractivity contribution in [1.82, 2.24) is 10.7 Å². The normalized spacial score (nSPS) is 27.1. The van der Waals surface area contributed by atoms with Gasteiger partial charge in [0.05, 0.1) is 0 Å². The standard InChI is InChI=1S/C12H21N3/c1-9-10-7-5-3-4-6-8-11(10)12(13-2)15-14-9/h10,13,15H,3-8H2,1-2H3. The molecular weight excluding hydrogens is 186 g/mol. The van der Waals surface area contributed by atoms with Crippen LogP contribution in [0.2, 0.25) is 0 Å². The van der Waals surface area contributed by atoms with E-state index in [0.717, 1.165) is 5.82 Å². The Kier molecular flexibility index (Phi) is 3.29. The van der Waals surface area contributed by atoms with Crippen LogP contribution in [-0.2, 0) is 0 Å². The highest BCUT2D eigenvalue weighted by Crippen LogP contribution is 2.31. The second kappa shape index (κ2) is 4.69. The van der Waals surface area contributed by atoms with Crippen molar-refractivity contribution in [2.75, 3.05) is 7.05 Å². The molecule has 0 amide bonds. The molecular formula is C12H21N3. The van der Waals surface area contributed by atoms with Gasteiger partial charge < -0.3 is 5.32 Å². The van der Waals surface area contributed by atoms with E-state index < -0.39 is 0 Å². The third-order valence-electron chi connectivity index (χ3n) is 3.53. The molecule has 1 aliphatic heterocycles. The number of hydrazone groups is 1. The van der Waals surface area contributed by atoms with Gasteiger partial charge in [-0.3, -0.25) is 5.43 Å². The molecule has 0 aromatic rings. The van der Waals surface area contributed by atoms with Crippen LogP contribution >= 0.6 is 0 Å². The van der Waals surface area contributed by atoms with Gasteiger partial charge in [-0.05, 0) is 31.8 Å². The Balaban J connectivity index is 2.22. The molecule has 0 aromatic carbocycles. The lowest BCUT2D eigenvalue weighted by Gasteiger charge is -2.29. The van der Waals surface area contributed by atoms with Crippen molar-refractivity contribution in [2.45, 2.75) is 45.4 Å². The van der Waals surface area contributed by atoms with Crippen LogP contribution in [-0.4, -0.2) is 12.8 Å². The van der Waals surface area contributed by atoms with E-state index in [9.17, 15) is 0 Å². The van der Waals surface area contributed by atoms with Gasteiger partial charge in [-0.15, -0.1) is 0 Å². The maximum absolute atomic E-state index is 4.39. The summed E-state index contributed by atoms with van der Waals surface area (Å²) in [4.78, 5) is 0. The zero-order chi connectivity index (χ0) is 10.7. The van der Waals surface area contributed by atoms with Crippen molar-refractivity contribution in [3.8, 4) is 0 Å². The van der Waals surface area contributed by atoms with E-state index >= 15 is 0 Å². The number of nitrogens with zero attached hydrogens (tertiary/aromatic N) is 1. The van der Waals surface area contributed by atoms with Crippen molar-refractivity contribution in [2.24, 2.45) is 11.0 Å². The Bertz CT molecular complexity index is 291. The maximum atomic E-state index is 4.39. The average Bonchev–Trinajstić information content (AvgIpc) is 2.20.